The molecule has 4 amide bonds. The number of aliphatic hydroxyl groups is 1. The van der Waals surface area contributed by atoms with Gasteiger partial charge in [0.1, 0.15) is 36.0 Å². The highest BCUT2D eigenvalue weighted by Gasteiger charge is 2.44. The Bertz CT molecular complexity index is 1730. The Labute approximate surface area is 356 Å². The van der Waals surface area contributed by atoms with Gasteiger partial charge in [-0.15, -0.1) is 11.8 Å². The predicted octanol–water partition coefficient (Wildman–Crippen LogP) is 5.28. The van der Waals surface area contributed by atoms with E-state index in [1.807, 2.05) is 60.6 Å². The summed E-state index contributed by atoms with van der Waals surface area (Å²) in [4.78, 5) is 80.4. The highest BCUT2D eigenvalue weighted by atomic mass is 32.2. The molecule has 328 valence electrons. The van der Waals surface area contributed by atoms with Crippen LogP contribution in [0.5, 0.6) is 5.75 Å². The van der Waals surface area contributed by atoms with Crippen LogP contribution in [-0.4, -0.2) is 130 Å². The molecule has 13 nitrogen and oxygen atoms in total. The number of benzene rings is 1. The van der Waals surface area contributed by atoms with Crippen LogP contribution in [0.1, 0.15) is 100.0 Å². The number of hydrogen-bond donors (Lipinski definition) is 2. The number of methoxy groups -OCH3 is 1. The lowest BCUT2D eigenvalue weighted by atomic mass is 9.81. The van der Waals surface area contributed by atoms with Crippen LogP contribution in [0.25, 0.3) is 0 Å². The third kappa shape index (κ3) is 11.9. The molecule has 2 N–H and O–H groups in total. The van der Waals surface area contributed by atoms with Gasteiger partial charge in [-0.2, -0.15) is 0 Å². The van der Waals surface area contributed by atoms with Gasteiger partial charge >= 0.3 is 5.97 Å². The van der Waals surface area contributed by atoms with E-state index in [9.17, 15) is 29.1 Å². The zero-order valence-corrected chi connectivity index (χ0v) is 38.1. The van der Waals surface area contributed by atoms with E-state index >= 15 is 0 Å². The number of nitrogens with one attached hydrogen (secondary N) is 1. The first-order chi connectivity index (χ1) is 27.7. The minimum Gasteiger partial charge on any atom is -0.497 e. The van der Waals surface area contributed by atoms with Crippen LogP contribution < -0.4 is 10.1 Å². The van der Waals surface area contributed by atoms with Crippen LogP contribution >= 0.6 is 11.8 Å². The monoisotopic (exact) mass is 839 g/mol. The molecule has 59 heavy (non-hydrogen) atoms. The minimum absolute atomic E-state index is 0.00274. The Kier molecular flexibility index (Phi) is 16.7. The SMILES string of the molecule is CC[C@H](C)[C@@H]1C(=O)N2CCC[C@H]2C(=O)O[C@H](C(C)(C)C)C[C@@H](C)C[C@H](O)[C@H](C)C2=N[C@@H](C=C(C)C(=O)N[C@@H](Cc3ccc(OC)cc3)C(=O)N(C)[C@@H](C)C(=O)N1C)CS2. The first kappa shape index (κ1) is 47.8. The van der Waals surface area contributed by atoms with Crippen molar-refractivity contribution in [3.05, 3.63) is 41.5 Å². The normalized spacial score (nSPS) is 30.8. The summed E-state index contributed by atoms with van der Waals surface area (Å²) in [5, 5.41) is 15.2. The standard InChI is InChI=1S/C45H69N5O8S/c1-13-27(3)38-43(55)50-20-14-15-35(50)44(56)58-37(45(7,8)9)22-26(2)21-36(51)29(5)40-46-32(25-59-40)23-28(4)39(52)47-34(24-31-16-18-33(57-12)19-17-31)42(54)48(10)30(6)41(53)49(38)11/h16-19,23,26-27,29-30,32,34-38,51H,13-15,20-22,24-25H2,1-12H3,(H,47,52)/t26-,27-,29-,30-,32-,34-,35-,36-,37-,38+/m0/s1. The number of carbonyl (C=O) groups excluding carboxylic acids is 5. The molecule has 14 heteroatoms. The van der Waals surface area contributed by atoms with Crippen LogP contribution in [0.2, 0.25) is 0 Å². The summed E-state index contributed by atoms with van der Waals surface area (Å²) in [6.45, 7) is 17.6. The summed E-state index contributed by atoms with van der Waals surface area (Å²) in [7, 11) is 4.67. The summed E-state index contributed by atoms with van der Waals surface area (Å²) in [6, 6.07) is 3.19. The fraction of sp³-hybridized carbons (Fsp3) is 0.689. The van der Waals surface area contributed by atoms with Gasteiger partial charge in [0.2, 0.25) is 23.6 Å². The van der Waals surface area contributed by atoms with E-state index in [4.69, 9.17) is 14.5 Å². The highest BCUT2D eigenvalue weighted by molar-refractivity contribution is 8.14. The van der Waals surface area contributed by atoms with E-state index in [2.05, 4.69) is 5.32 Å². The van der Waals surface area contributed by atoms with Crippen molar-refractivity contribution in [2.45, 2.75) is 143 Å². The molecule has 10 atom stereocenters. The molecular weight excluding hydrogens is 771 g/mol. The van der Waals surface area contributed by atoms with Crippen molar-refractivity contribution in [1.82, 2.24) is 20.0 Å². The molecular formula is C45H69N5O8S. The lowest BCUT2D eigenvalue weighted by Crippen LogP contribution is -2.59. The van der Waals surface area contributed by atoms with E-state index in [1.165, 1.54) is 16.8 Å². The molecule has 0 radical (unpaired) electrons. The van der Waals surface area contributed by atoms with Gasteiger partial charge in [-0.3, -0.25) is 24.2 Å². The topological polar surface area (TPSA) is 158 Å². The second-order valence-electron chi connectivity index (χ2n) is 18.1. The molecule has 0 spiro atoms. The predicted molar refractivity (Wildman–Crippen MR) is 232 cm³/mol. The summed E-state index contributed by atoms with van der Waals surface area (Å²) in [5.74, 6) is -1.41. The van der Waals surface area contributed by atoms with E-state index in [1.54, 1.807) is 62.9 Å². The summed E-state index contributed by atoms with van der Waals surface area (Å²) < 4.78 is 11.6. The molecule has 0 saturated carbocycles. The third-order valence-electron chi connectivity index (χ3n) is 12.4. The zero-order valence-electron chi connectivity index (χ0n) is 37.3. The Morgan fingerprint density at radius 3 is 2.27 bits per heavy atom. The Balaban J connectivity index is 1.74. The number of aliphatic hydroxyl groups excluding tert-OH is 1. The van der Waals surface area contributed by atoms with Crippen molar-refractivity contribution in [3.8, 4) is 5.75 Å². The fourth-order valence-electron chi connectivity index (χ4n) is 8.11. The number of nitrogens with zero attached hydrogens (tertiary/aromatic N) is 4. The van der Waals surface area contributed by atoms with Gasteiger partial charge in [-0.25, -0.2) is 4.79 Å². The lowest BCUT2D eigenvalue weighted by Gasteiger charge is -2.39. The maximum absolute atomic E-state index is 14.6. The molecule has 1 saturated heterocycles. The Morgan fingerprint density at radius 1 is 1.00 bits per heavy atom. The van der Waals surface area contributed by atoms with Crippen molar-refractivity contribution < 1.29 is 38.6 Å². The van der Waals surface area contributed by atoms with Crippen LogP contribution in [0.4, 0.5) is 0 Å². The molecule has 4 rings (SSSR count). The molecule has 1 fully saturated rings. The van der Waals surface area contributed by atoms with E-state index in [0.29, 0.717) is 55.7 Å². The van der Waals surface area contributed by atoms with Gasteiger partial charge in [0.25, 0.3) is 0 Å². The molecule has 0 aromatic heterocycles. The maximum Gasteiger partial charge on any atom is 0.329 e. The minimum atomic E-state index is -1.03. The smallest absolute Gasteiger partial charge is 0.329 e. The highest BCUT2D eigenvalue weighted by Crippen LogP contribution is 2.34. The number of ether oxygens (including phenoxy) is 2. The first-order valence-corrected chi connectivity index (χ1v) is 22.2. The van der Waals surface area contributed by atoms with Crippen LogP contribution in [0.15, 0.2) is 40.9 Å². The van der Waals surface area contributed by atoms with Gasteiger partial charge in [-0.05, 0) is 74.5 Å². The van der Waals surface area contributed by atoms with Gasteiger partial charge in [0.15, 0.2) is 0 Å². The average Bonchev–Trinajstić information content (AvgIpc) is 3.89. The number of esters is 1. The lowest BCUT2D eigenvalue weighted by molar-refractivity contribution is -0.166. The van der Waals surface area contributed by atoms with Gasteiger partial charge in [0, 0.05) is 44.3 Å². The number of hydrogen-bond acceptors (Lipinski definition) is 10. The number of rotatable bonds is 5. The van der Waals surface area contributed by atoms with Crippen molar-refractivity contribution in [1.29, 1.82) is 0 Å². The average molecular weight is 840 g/mol. The van der Waals surface area contributed by atoms with E-state index in [-0.39, 0.29) is 36.1 Å². The van der Waals surface area contributed by atoms with Gasteiger partial charge in [-0.1, -0.05) is 73.1 Å². The summed E-state index contributed by atoms with van der Waals surface area (Å²) >= 11 is 1.56. The zero-order chi connectivity index (χ0) is 43.9. The summed E-state index contributed by atoms with van der Waals surface area (Å²) in [5.41, 5.74) is 0.758. The second kappa shape index (κ2) is 20.6. The van der Waals surface area contributed by atoms with Crippen LogP contribution in [0.3, 0.4) is 0 Å². The van der Waals surface area contributed by atoms with Crippen LogP contribution in [0, 0.1) is 23.2 Å². The number of fused-ring (bicyclic) bond motifs is 2. The largest absolute Gasteiger partial charge is 0.497 e. The summed E-state index contributed by atoms with van der Waals surface area (Å²) in [6.07, 6.45) is 3.41. The number of amides is 4. The molecule has 0 unspecified atom stereocenters. The fourth-order valence-corrected chi connectivity index (χ4v) is 9.25. The van der Waals surface area contributed by atoms with Crippen molar-refractivity contribution >= 4 is 46.4 Å². The van der Waals surface area contributed by atoms with Crippen molar-refractivity contribution in [2.24, 2.45) is 28.2 Å². The molecule has 3 aliphatic heterocycles. The third-order valence-corrected chi connectivity index (χ3v) is 13.7. The number of aliphatic imine (C=N–C) groups is 1. The van der Waals surface area contributed by atoms with Crippen molar-refractivity contribution in [2.75, 3.05) is 33.5 Å². The quantitative estimate of drug-likeness (QED) is 0.377. The van der Waals surface area contributed by atoms with E-state index in [0.717, 1.165) is 10.6 Å². The van der Waals surface area contributed by atoms with Gasteiger partial charge in [0.05, 0.1) is 24.3 Å². The Hall–Kier alpha value is -3.91. The van der Waals surface area contributed by atoms with E-state index < -0.39 is 65.5 Å². The van der Waals surface area contributed by atoms with Crippen molar-refractivity contribution in [3.63, 3.8) is 0 Å². The van der Waals surface area contributed by atoms with Crippen LogP contribution in [-0.2, 0) is 35.1 Å². The molecule has 0 aliphatic carbocycles. The van der Waals surface area contributed by atoms with Gasteiger partial charge < -0.3 is 34.6 Å². The molecule has 2 bridgehead atoms. The molecule has 1 aromatic carbocycles. The molecule has 3 aliphatic rings. The Morgan fingerprint density at radius 2 is 1.66 bits per heavy atom. The number of thioether (sulfide) groups is 1. The second-order valence-corrected chi connectivity index (χ2v) is 19.1. The number of carbonyl (C=O) groups is 5. The molecule has 1 aromatic rings. The number of likely N-dealkylation sites (N-methyl/N-ethyl adjacent to an activating group) is 2. The maximum atomic E-state index is 14.6. The number of cyclic esters (lactones) is 1. The first-order valence-electron chi connectivity index (χ1n) is 21.2. The molecule has 3 heterocycles.